The van der Waals surface area contributed by atoms with Gasteiger partial charge in [0, 0.05) is 21.9 Å². The lowest BCUT2D eigenvalue weighted by atomic mass is 10.1. The van der Waals surface area contributed by atoms with E-state index < -0.39 is 5.63 Å². The van der Waals surface area contributed by atoms with Gasteiger partial charge in [-0.15, -0.1) is 0 Å². The van der Waals surface area contributed by atoms with Crippen LogP contribution in [0, 0.1) is 0 Å². The molecule has 0 aliphatic heterocycles. The number of hydrogen-bond donors (Lipinski definition) is 0. The van der Waals surface area contributed by atoms with Crippen LogP contribution >= 0.6 is 11.6 Å². The summed E-state index contributed by atoms with van der Waals surface area (Å²) >= 11 is 5.89. The van der Waals surface area contributed by atoms with Crippen molar-refractivity contribution in [3.63, 3.8) is 0 Å². The summed E-state index contributed by atoms with van der Waals surface area (Å²) < 4.78 is 10.4. The number of benzene rings is 2. The topological polar surface area (TPSA) is 39.4 Å². The molecule has 0 saturated carbocycles. The summed E-state index contributed by atoms with van der Waals surface area (Å²) in [6, 6.07) is 10.6. The minimum atomic E-state index is -0.395. The lowest BCUT2D eigenvalue weighted by Crippen LogP contribution is -1.99. The van der Waals surface area contributed by atoms with E-state index in [1.165, 1.54) is 0 Å². The molecule has 0 saturated heterocycles. The molecule has 0 spiro atoms. The zero-order valence-corrected chi connectivity index (χ0v) is 10.3. The average molecular weight is 261 g/mol. The maximum Gasteiger partial charge on any atom is 0.344 e. The van der Waals surface area contributed by atoms with E-state index in [1.54, 1.807) is 25.3 Å². The lowest BCUT2D eigenvalue weighted by Gasteiger charge is -2.04. The fourth-order valence-electron chi connectivity index (χ4n) is 2.01. The maximum atomic E-state index is 11.9. The van der Waals surface area contributed by atoms with Crippen LogP contribution in [0.5, 0.6) is 5.75 Å². The van der Waals surface area contributed by atoms with Crippen molar-refractivity contribution in [3.05, 3.63) is 51.8 Å². The predicted octanol–water partition coefficient (Wildman–Crippen LogP) is 3.61. The third-order valence-corrected chi connectivity index (χ3v) is 3.12. The minimum Gasteiger partial charge on any atom is -0.497 e. The molecule has 0 amide bonds. The Kier molecular flexibility index (Phi) is 2.49. The van der Waals surface area contributed by atoms with Gasteiger partial charge >= 0.3 is 5.63 Å². The lowest BCUT2D eigenvalue weighted by molar-refractivity contribution is 0.414. The summed E-state index contributed by atoms with van der Waals surface area (Å²) in [5.41, 5.74) is 0.113. The predicted molar refractivity (Wildman–Crippen MR) is 71.6 cm³/mol. The number of ether oxygens (including phenoxy) is 1. The van der Waals surface area contributed by atoms with Crippen molar-refractivity contribution in [2.45, 2.75) is 0 Å². The van der Waals surface area contributed by atoms with Gasteiger partial charge in [-0.1, -0.05) is 17.7 Å². The maximum absolute atomic E-state index is 11.9. The molecular formula is C14H9ClO3. The molecular weight excluding hydrogens is 252 g/mol. The fraction of sp³-hybridized carbons (Fsp3) is 0.0714. The van der Waals surface area contributed by atoms with Gasteiger partial charge in [0.2, 0.25) is 0 Å². The standard InChI is InChI=1S/C14H9ClO3/c1-17-9-3-5-11-10-4-2-8(15)6-12(10)14(16)18-13(11)7-9/h2-7H,1H3. The Morgan fingerprint density at radius 1 is 1.06 bits per heavy atom. The smallest absolute Gasteiger partial charge is 0.344 e. The second-order valence-electron chi connectivity index (χ2n) is 3.94. The zero-order valence-electron chi connectivity index (χ0n) is 9.57. The van der Waals surface area contributed by atoms with Crippen LogP contribution in [-0.4, -0.2) is 7.11 Å². The van der Waals surface area contributed by atoms with E-state index in [1.807, 2.05) is 18.2 Å². The number of rotatable bonds is 1. The Morgan fingerprint density at radius 3 is 2.61 bits per heavy atom. The number of halogens is 1. The van der Waals surface area contributed by atoms with Crippen LogP contribution in [0.1, 0.15) is 0 Å². The van der Waals surface area contributed by atoms with Gasteiger partial charge in [-0.3, -0.25) is 0 Å². The first-order chi connectivity index (χ1) is 8.69. The van der Waals surface area contributed by atoms with E-state index in [0.29, 0.717) is 21.7 Å². The van der Waals surface area contributed by atoms with Crippen LogP contribution in [-0.2, 0) is 0 Å². The summed E-state index contributed by atoms with van der Waals surface area (Å²) in [7, 11) is 1.57. The van der Waals surface area contributed by atoms with Crippen molar-refractivity contribution in [2.24, 2.45) is 0 Å². The molecule has 0 unspecified atom stereocenters. The molecule has 2 aromatic carbocycles. The van der Waals surface area contributed by atoms with Crippen molar-refractivity contribution in [1.29, 1.82) is 0 Å². The highest BCUT2D eigenvalue weighted by Crippen LogP contribution is 2.27. The molecule has 4 heteroatoms. The molecule has 3 nitrogen and oxygen atoms in total. The summed E-state index contributed by atoms with van der Waals surface area (Å²) in [6.45, 7) is 0. The van der Waals surface area contributed by atoms with E-state index in [-0.39, 0.29) is 0 Å². The van der Waals surface area contributed by atoms with Gasteiger partial charge < -0.3 is 9.15 Å². The first-order valence-electron chi connectivity index (χ1n) is 5.39. The van der Waals surface area contributed by atoms with Gasteiger partial charge in [-0.25, -0.2) is 4.79 Å². The van der Waals surface area contributed by atoms with Crippen molar-refractivity contribution in [2.75, 3.05) is 7.11 Å². The van der Waals surface area contributed by atoms with Crippen LogP contribution < -0.4 is 10.4 Å². The van der Waals surface area contributed by atoms with Crippen LogP contribution in [0.15, 0.2) is 45.6 Å². The molecule has 0 aliphatic rings. The molecule has 0 N–H and O–H groups in total. The minimum absolute atomic E-state index is 0.395. The van der Waals surface area contributed by atoms with Crippen molar-refractivity contribution >= 4 is 33.3 Å². The van der Waals surface area contributed by atoms with Crippen LogP contribution in [0.25, 0.3) is 21.7 Å². The largest absolute Gasteiger partial charge is 0.497 e. The van der Waals surface area contributed by atoms with Crippen molar-refractivity contribution in [1.82, 2.24) is 0 Å². The van der Waals surface area contributed by atoms with Crippen molar-refractivity contribution < 1.29 is 9.15 Å². The van der Waals surface area contributed by atoms with Crippen molar-refractivity contribution in [3.8, 4) is 5.75 Å². The third-order valence-electron chi connectivity index (χ3n) is 2.88. The first-order valence-corrected chi connectivity index (χ1v) is 5.77. The average Bonchev–Trinajstić information content (AvgIpc) is 2.38. The molecule has 0 bridgehead atoms. The summed E-state index contributed by atoms with van der Waals surface area (Å²) in [6.07, 6.45) is 0. The highest BCUT2D eigenvalue weighted by molar-refractivity contribution is 6.31. The van der Waals surface area contributed by atoms with E-state index in [2.05, 4.69) is 0 Å². The molecule has 0 aliphatic carbocycles. The molecule has 1 heterocycles. The molecule has 1 aromatic heterocycles. The highest BCUT2D eigenvalue weighted by Gasteiger charge is 2.08. The van der Waals surface area contributed by atoms with Gasteiger partial charge in [0.1, 0.15) is 11.3 Å². The van der Waals surface area contributed by atoms with E-state index in [0.717, 1.165) is 10.8 Å². The van der Waals surface area contributed by atoms with Gasteiger partial charge in [0.25, 0.3) is 0 Å². The Labute approximate surface area is 108 Å². The van der Waals surface area contributed by atoms with Gasteiger partial charge in [0.05, 0.1) is 12.5 Å². The molecule has 18 heavy (non-hydrogen) atoms. The van der Waals surface area contributed by atoms with Crippen LogP contribution in [0.4, 0.5) is 0 Å². The van der Waals surface area contributed by atoms with E-state index in [9.17, 15) is 4.79 Å². The summed E-state index contributed by atoms with van der Waals surface area (Å²) in [5.74, 6) is 0.652. The molecule has 90 valence electrons. The van der Waals surface area contributed by atoms with E-state index >= 15 is 0 Å². The SMILES string of the molecule is COc1ccc2c(c1)oc(=O)c1cc(Cl)ccc12. The first kappa shape index (κ1) is 11.1. The zero-order chi connectivity index (χ0) is 12.7. The van der Waals surface area contributed by atoms with Crippen LogP contribution in [0.2, 0.25) is 5.02 Å². The summed E-state index contributed by atoms with van der Waals surface area (Å²) in [5, 5.41) is 2.69. The quantitative estimate of drug-likeness (QED) is 0.496. The molecule has 0 fully saturated rings. The normalized spacial score (nSPS) is 11.0. The number of hydrogen-bond acceptors (Lipinski definition) is 3. The Bertz CT molecular complexity index is 805. The molecule has 0 radical (unpaired) electrons. The number of methoxy groups -OCH3 is 1. The monoisotopic (exact) mass is 260 g/mol. The van der Waals surface area contributed by atoms with E-state index in [4.69, 9.17) is 20.8 Å². The van der Waals surface area contributed by atoms with Gasteiger partial charge in [0.15, 0.2) is 0 Å². The molecule has 3 aromatic rings. The number of fused-ring (bicyclic) bond motifs is 3. The molecule has 3 rings (SSSR count). The second kappa shape index (κ2) is 4.03. The molecule has 0 atom stereocenters. The fourth-order valence-corrected chi connectivity index (χ4v) is 2.18. The van der Waals surface area contributed by atoms with Gasteiger partial charge in [-0.05, 0) is 24.3 Å². The highest BCUT2D eigenvalue weighted by atomic mass is 35.5. The Balaban J connectivity index is 2.50. The third kappa shape index (κ3) is 1.64. The van der Waals surface area contributed by atoms with Gasteiger partial charge in [-0.2, -0.15) is 0 Å². The van der Waals surface area contributed by atoms with Crippen LogP contribution in [0.3, 0.4) is 0 Å². The Morgan fingerprint density at radius 2 is 1.83 bits per heavy atom. The Hall–Kier alpha value is -2.00. The second-order valence-corrected chi connectivity index (χ2v) is 4.38. The summed E-state index contributed by atoms with van der Waals surface area (Å²) in [4.78, 5) is 11.9.